The molecule has 2 fully saturated rings. The van der Waals surface area contributed by atoms with Gasteiger partial charge in [0.2, 0.25) is 5.76 Å². The van der Waals surface area contributed by atoms with Crippen LogP contribution in [0, 0.1) is 0 Å². The summed E-state index contributed by atoms with van der Waals surface area (Å²) in [5, 5.41) is 4.16. The van der Waals surface area contributed by atoms with E-state index in [2.05, 4.69) is 29.1 Å². The highest BCUT2D eigenvalue weighted by atomic mass is 16.5. The first-order valence-corrected chi connectivity index (χ1v) is 10.3. The van der Waals surface area contributed by atoms with Gasteiger partial charge < -0.3 is 9.42 Å². The number of nitrogens with zero attached hydrogens (tertiary/aromatic N) is 3. The van der Waals surface area contributed by atoms with Gasteiger partial charge in [0.05, 0.1) is 5.69 Å². The fourth-order valence-electron chi connectivity index (χ4n) is 4.40. The van der Waals surface area contributed by atoms with Crippen LogP contribution in [0.25, 0.3) is 0 Å². The molecule has 5 nitrogen and oxygen atoms in total. The van der Waals surface area contributed by atoms with Crippen LogP contribution in [-0.2, 0) is 0 Å². The number of piperazine rings is 1. The summed E-state index contributed by atoms with van der Waals surface area (Å²) in [4.78, 5) is 17.3. The van der Waals surface area contributed by atoms with Gasteiger partial charge in [0.1, 0.15) is 0 Å². The maximum absolute atomic E-state index is 12.8. The molecule has 5 heteroatoms. The summed E-state index contributed by atoms with van der Waals surface area (Å²) >= 11 is 0. The van der Waals surface area contributed by atoms with Crippen molar-refractivity contribution in [2.75, 3.05) is 26.2 Å². The van der Waals surface area contributed by atoms with Crippen LogP contribution in [0.3, 0.4) is 0 Å². The van der Waals surface area contributed by atoms with Crippen LogP contribution < -0.4 is 0 Å². The number of hydrogen-bond donors (Lipinski definition) is 0. The smallest absolute Gasteiger partial charge is 0.292 e. The van der Waals surface area contributed by atoms with E-state index in [0.29, 0.717) is 5.76 Å². The molecule has 2 aromatic rings. The van der Waals surface area contributed by atoms with Gasteiger partial charge in [0.25, 0.3) is 5.91 Å². The number of carbonyl (C=O) groups is 1. The Morgan fingerprint density at radius 3 is 2.48 bits per heavy atom. The van der Waals surface area contributed by atoms with Crippen molar-refractivity contribution in [3.8, 4) is 0 Å². The maximum Gasteiger partial charge on any atom is 0.292 e. The Bertz CT molecular complexity index is 744. The number of aromatic nitrogens is 1. The minimum absolute atomic E-state index is 0.0303. The van der Waals surface area contributed by atoms with Crippen LogP contribution >= 0.6 is 0 Å². The summed E-state index contributed by atoms with van der Waals surface area (Å²) in [5.41, 5.74) is 1.98. The topological polar surface area (TPSA) is 49.6 Å². The van der Waals surface area contributed by atoms with Crippen molar-refractivity contribution < 1.29 is 9.32 Å². The van der Waals surface area contributed by atoms with Crippen LogP contribution in [-0.4, -0.2) is 53.1 Å². The molecular weight excluding hydrogens is 338 g/mol. The molecule has 0 bridgehead atoms. The van der Waals surface area contributed by atoms with Crippen LogP contribution in [0.15, 0.2) is 40.9 Å². The molecule has 4 rings (SSSR count). The van der Waals surface area contributed by atoms with Crippen molar-refractivity contribution in [1.29, 1.82) is 0 Å². The molecule has 1 atom stereocenters. The van der Waals surface area contributed by atoms with Crippen molar-refractivity contribution in [3.05, 3.63) is 53.4 Å². The van der Waals surface area contributed by atoms with E-state index in [1.165, 1.54) is 37.7 Å². The number of carbonyl (C=O) groups excluding carboxylic acids is 1. The van der Waals surface area contributed by atoms with Gasteiger partial charge in [-0.3, -0.25) is 9.69 Å². The lowest BCUT2D eigenvalue weighted by Crippen LogP contribution is -2.52. The molecule has 0 unspecified atom stereocenters. The normalized spacial score (nSPS) is 20.6. The quantitative estimate of drug-likeness (QED) is 0.822. The van der Waals surface area contributed by atoms with Gasteiger partial charge >= 0.3 is 0 Å². The average Bonchev–Trinajstić information content (AvgIpc) is 3.24. The number of hydrogen-bond acceptors (Lipinski definition) is 4. The summed E-state index contributed by atoms with van der Waals surface area (Å²) in [6.07, 6.45) is 6.71. The zero-order chi connectivity index (χ0) is 18.6. The highest BCUT2D eigenvalue weighted by Gasteiger charge is 2.29. The maximum atomic E-state index is 12.8. The predicted molar refractivity (Wildman–Crippen MR) is 105 cm³/mol. The van der Waals surface area contributed by atoms with E-state index in [-0.39, 0.29) is 11.8 Å². The molecule has 1 aromatic heterocycles. The lowest BCUT2D eigenvalue weighted by Gasteiger charge is -2.40. The second-order valence-electron chi connectivity index (χ2n) is 7.87. The molecule has 1 saturated heterocycles. The molecule has 0 N–H and O–H groups in total. The Labute approximate surface area is 161 Å². The van der Waals surface area contributed by atoms with Gasteiger partial charge in [0, 0.05) is 44.2 Å². The van der Waals surface area contributed by atoms with Gasteiger partial charge in [-0.15, -0.1) is 0 Å². The summed E-state index contributed by atoms with van der Waals surface area (Å²) in [6.45, 7) is 5.58. The van der Waals surface area contributed by atoms with Crippen molar-refractivity contribution in [3.63, 3.8) is 0 Å². The van der Waals surface area contributed by atoms with Crippen LogP contribution in [0.5, 0.6) is 0 Å². The fourth-order valence-corrected chi connectivity index (χ4v) is 4.40. The monoisotopic (exact) mass is 367 g/mol. The number of amides is 1. The molecule has 0 radical (unpaired) electrons. The molecule has 27 heavy (non-hydrogen) atoms. The molecule has 1 aliphatic heterocycles. The predicted octanol–water partition coefficient (Wildman–Crippen LogP) is 3.92. The Hall–Kier alpha value is -2.14. The highest BCUT2D eigenvalue weighted by molar-refractivity contribution is 5.91. The second kappa shape index (κ2) is 8.26. The van der Waals surface area contributed by atoms with E-state index >= 15 is 0 Å². The summed E-state index contributed by atoms with van der Waals surface area (Å²) in [6, 6.07) is 12.7. The molecule has 2 aliphatic rings. The van der Waals surface area contributed by atoms with Gasteiger partial charge in [-0.1, -0.05) is 61.7 Å². The van der Waals surface area contributed by atoms with E-state index in [1.807, 2.05) is 29.2 Å². The van der Waals surface area contributed by atoms with E-state index < -0.39 is 0 Å². The molecule has 144 valence electrons. The Morgan fingerprint density at radius 2 is 1.78 bits per heavy atom. The molecule has 1 amide bonds. The Morgan fingerprint density at radius 1 is 1.07 bits per heavy atom. The number of rotatable bonds is 4. The molecular formula is C22H29N3O2. The first-order chi connectivity index (χ1) is 13.2. The van der Waals surface area contributed by atoms with Crippen molar-refractivity contribution in [1.82, 2.24) is 15.0 Å². The van der Waals surface area contributed by atoms with Gasteiger partial charge in [-0.2, -0.15) is 0 Å². The fraction of sp³-hybridized carbons (Fsp3) is 0.545. The van der Waals surface area contributed by atoms with Crippen molar-refractivity contribution >= 4 is 5.91 Å². The largest absolute Gasteiger partial charge is 0.351 e. The van der Waals surface area contributed by atoms with E-state index in [1.54, 1.807) is 0 Å². The third kappa shape index (κ3) is 4.08. The van der Waals surface area contributed by atoms with E-state index in [0.717, 1.165) is 37.9 Å². The first kappa shape index (κ1) is 18.2. The van der Waals surface area contributed by atoms with Crippen LogP contribution in [0.2, 0.25) is 0 Å². The minimum Gasteiger partial charge on any atom is -0.351 e. The van der Waals surface area contributed by atoms with Gasteiger partial charge in [-0.25, -0.2) is 0 Å². The lowest BCUT2D eigenvalue weighted by atomic mass is 9.94. The third-order valence-electron chi connectivity index (χ3n) is 6.17. The van der Waals surface area contributed by atoms with Gasteiger partial charge in [-0.05, 0) is 18.4 Å². The average molecular weight is 367 g/mol. The molecule has 1 aliphatic carbocycles. The Balaban J connectivity index is 1.36. The lowest BCUT2D eigenvalue weighted by molar-refractivity contribution is 0.0489. The summed E-state index contributed by atoms with van der Waals surface area (Å²) < 4.78 is 5.41. The van der Waals surface area contributed by atoms with E-state index in [9.17, 15) is 4.79 Å². The van der Waals surface area contributed by atoms with Crippen LogP contribution in [0.4, 0.5) is 0 Å². The Kier molecular flexibility index (Phi) is 5.58. The SMILES string of the molecule is C[C@@H](c1ccccc1)c1cc(C(=O)N2CCN(C3CCCCC3)CC2)on1. The minimum atomic E-state index is -0.0303. The summed E-state index contributed by atoms with van der Waals surface area (Å²) in [7, 11) is 0. The zero-order valence-electron chi connectivity index (χ0n) is 16.1. The molecule has 1 saturated carbocycles. The molecule has 2 heterocycles. The molecule has 1 aromatic carbocycles. The summed E-state index contributed by atoms with van der Waals surface area (Å²) in [5.74, 6) is 0.441. The second-order valence-corrected chi connectivity index (χ2v) is 7.87. The van der Waals surface area contributed by atoms with Crippen molar-refractivity contribution in [2.45, 2.75) is 51.0 Å². The highest BCUT2D eigenvalue weighted by Crippen LogP contribution is 2.25. The molecule has 0 spiro atoms. The van der Waals surface area contributed by atoms with Gasteiger partial charge in [0.15, 0.2) is 0 Å². The van der Waals surface area contributed by atoms with Crippen LogP contribution in [0.1, 0.15) is 66.8 Å². The third-order valence-corrected chi connectivity index (χ3v) is 6.17. The zero-order valence-corrected chi connectivity index (χ0v) is 16.1. The standard InChI is InChI=1S/C22H29N3O2/c1-17(18-8-4-2-5-9-18)20-16-21(27-23-20)22(26)25-14-12-24(13-15-25)19-10-6-3-7-11-19/h2,4-5,8-9,16-17,19H,3,6-7,10-15H2,1H3/t17-/m0/s1. The van der Waals surface area contributed by atoms with E-state index in [4.69, 9.17) is 4.52 Å². The number of benzene rings is 1. The first-order valence-electron chi connectivity index (χ1n) is 10.3. The van der Waals surface area contributed by atoms with Crippen molar-refractivity contribution in [2.24, 2.45) is 0 Å².